The largest absolute Gasteiger partial charge is 0.351 e. The molecule has 1 saturated carbocycles. The quantitative estimate of drug-likeness (QED) is 0.763. The molecule has 1 aliphatic rings. The van der Waals surface area contributed by atoms with E-state index in [9.17, 15) is 17.6 Å². The first kappa shape index (κ1) is 19.5. The molecule has 1 fully saturated rings. The van der Waals surface area contributed by atoms with Crippen molar-refractivity contribution < 1.29 is 17.6 Å². The summed E-state index contributed by atoms with van der Waals surface area (Å²) in [6, 6.07) is 13.3. The van der Waals surface area contributed by atoms with Gasteiger partial charge in [-0.3, -0.25) is 4.79 Å². The molecule has 27 heavy (non-hydrogen) atoms. The lowest BCUT2D eigenvalue weighted by molar-refractivity contribution is -0.130. The second-order valence-electron chi connectivity index (χ2n) is 6.91. The average Bonchev–Trinajstić information content (AvgIpc) is 2.60. The molecule has 0 aliphatic heterocycles. The molecule has 0 spiro atoms. The van der Waals surface area contributed by atoms with Crippen LogP contribution in [0.4, 0.5) is 4.39 Å². The maximum absolute atomic E-state index is 13.6. The fourth-order valence-corrected chi connectivity index (χ4v) is 4.14. The third-order valence-corrected chi connectivity index (χ3v) is 6.50. The van der Waals surface area contributed by atoms with Crippen LogP contribution < -0.4 is 10.0 Å². The highest BCUT2D eigenvalue weighted by molar-refractivity contribution is 7.88. The van der Waals surface area contributed by atoms with Crippen LogP contribution in [-0.4, -0.2) is 21.4 Å². The smallest absolute Gasteiger partial charge is 0.230 e. The predicted molar refractivity (Wildman–Crippen MR) is 102 cm³/mol. The predicted octanol–water partition coefficient (Wildman–Crippen LogP) is 2.61. The molecule has 0 bridgehead atoms. The highest BCUT2D eigenvalue weighted by Gasteiger charge is 2.45. The molecule has 0 saturated heterocycles. The lowest BCUT2D eigenvalue weighted by atomic mass is 9.64. The Morgan fingerprint density at radius 3 is 2.33 bits per heavy atom. The number of carbonyl (C=O) groups is 1. The third kappa shape index (κ3) is 4.36. The van der Waals surface area contributed by atoms with Crippen molar-refractivity contribution in [3.05, 3.63) is 71.0 Å². The highest BCUT2D eigenvalue weighted by atomic mass is 32.2. The van der Waals surface area contributed by atoms with E-state index in [2.05, 4.69) is 10.0 Å². The molecular weight excluding hydrogens is 367 g/mol. The monoisotopic (exact) mass is 390 g/mol. The van der Waals surface area contributed by atoms with Crippen molar-refractivity contribution in [3.63, 3.8) is 0 Å². The van der Waals surface area contributed by atoms with Crippen LogP contribution in [-0.2, 0) is 32.5 Å². The van der Waals surface area contributed by atoms with Gasteiger partial charge in [0.2, 0.25) is 15.9 Å². The van der Waals surface area contributed by atoms with Crippen molar-refractivity contribution >= 4 is 15.9 Å². The Balaban J connectivity index is 1.65. The second-order valence-corrected chi connectivity index (χ2v) is 8.83. The van der Waals surface area contributed by atoms with Crippen molar-refractivity contribution in [3.8, 4) is 0 Å². The van der Waals surface area contributed by atoms with Gasteiger partial charge in [0.15, 0.2) is 0 Å². The number of amides is 1. The molecule has 0 heterocycles. The summed E-state index contributed by atoms with van der Waals surface area (Å²) in [7, 11) is -1.93. The summed E-state index contributed by atoms with van der Waals surface area (Å²) in [5.74, 6) is -0.515. The van der Waals surface area contributed by atoms with E-state index in [0.29, 0.717) is 24.9 Å². The van der Waals surface area contributed by atoms with Gasteiger partial charge < -0.3 is 5.32 Å². The Kier molecular flexibility index (Phi) is 5.62. The standard InChI is InChI=1S/C20H23FN2O3S/c1-22-27(25,26)14-16-8-6-15(7-9-16)13-23-19(24)20(10-3-11-20)17-4-2-5-18(21)12-17/h2,4-9,12,22H,3,10-11,13-14H2,1H3,(H,23,24). The lowest BCUT2D eigenvalue weighted by Gasteiger charge is -2.40. The van der Waals surface area contributed by atoms with E-state index in [4.69, 9.17) is 0 Å². The molecule has 0 radical (unpaired) electrons. The zero-order chi connectivity index (χ0) is 19.5. The molecule has 7 heteroatoms. The minimum absolute atomic E-state index is 0.0845. The van der Waals surface area contributed by atoms with Crippen molar-refractivity contribution in [1.82, 2.24) is 10.0 Å². The molecule has 0 unspecified atom stereocenters. The summed E-state index contributed by atoms with van der Waals surface area (Å²) >= 11 is 0. The van der Waals surface area contributed by atoms with Crippen LogP contribution in [0.25, 0.3) is 0 Å². The molecule has 5 nitrogen and oxygen atoms in total. The summed E-state index contributed by atoms with van der Waals surface area (Å²) in [5, 5.41) is 2.95. The minimum atomic E-state index is -3.31. The highest BCUT2D eigenvalue weighted by Crippen LogP contribution is 2.44. The number of carbonyl (C=O) groups excluding carboxylic acids is 1. The summed E-state index contributed by atoms with van der Waals surface area (Å²) in [6.07, 6.45) is 2.37. The summed E-state index contributed by atoms with van der Waals surface area (Å²) in [4.78, 5) is 12.8. The Bertz CT molecular complexity index is 922. The van der Waals surface area contributed by atoms with Gasteiger partial charge in [-0.1, -0.05) is 42.8 Å². The van der Waals surface area contributed by atoms with Gasteiger partial charge in [0.05, 0.1) is 11.2 Å². The maximum atomic E-state index is 13.6. The number of benzene rings is 2. The molecule has 2 aromatic carbocycles. The van der Waals surface area contributed by atoms with Gasteiger partial charge in [-0.15, -0.1) is 0 Å². The number of rotatable bonds is 7. The van der Waals surface area contributed by atoms with E-state index < -0.39 is 15.4 Å². The molecule has 2 aromatic rings. The van der Waals surface area contributed by atoms with Crippen LogP contribution in [0.1, 0.15) is 36.0 Å². The van der Waals surface area contributed by atoms with E-state index in [-0.39, 0.29) is 17.5 Å². The van der Waals surface area contributed by atoms with E-state index in [0.717, 1.165) is 17.5 Å². The first-order valence-electron chi connectivity index (χ1n) is 8.88. The summed E-state index contributed by atoms with van der Waals surface area (Å²) in [5.41, 5.74) is 1.62. The summed E-state index contributed by atoms with van der Waals surface area (Å²) < 4.78 is 39.0. The van der Waals surface area contributed by atoms with Crippen molar-refractivity contribution in [2.75, 3.05) is 7.05 Å². The second kappa shape index (κ2) is 7.78. The number of hydrogen-bond acceptors (Lipinski definition) is 3. The molecule has 0 atom stereocenters. The van der Waals surface area contributed by atoms with Crippen LogP contribution in [0.15, 0.2) is 48.5 Å². The van der Waals surface area contributed by atoms with Crippen molar-refractivity contribution in [2.45, 2.75) is 37.0 Å². The van der Waals surface area contributed by atoms with Gasteiger partial charge in [-0.2, -0.15) is 0 Å². The normalized spacial score (nSPS) is 15.8. The Labute approximate surface area is 159 Å². The third-order valence-electron chi connectivity index (χ3n) is 5.16. The van der Waals surface area contributed by atoms with Crippen LogP contribution in [0.5, 0.6) is 0 Å². The van der Waals surface area contributed by atoms with Gasteiger partial charge in [-0.25, -0.2) is 17.5 Å². The van der Waals surface area contributed by atoms with Gasteiger partial charge in [0, 0.05) is 6.54 Å². The van der Waals surface area contributed by atoms with Gasteiger partial charge in [0.1, 0.15) is 5.82 Å². The molecule has 0 aromatic heterocycles. The zero-order valence-electron chi connectivity index (χ0n) is 15.2. The van der Waals surface area contributed by atoms with E-state index in [1.165, 1.54) is 19.2 Å². The molecule has 1 aliphatic carbocycles. The Morgan fingerprint density at radius 1 is 1.11 bits per heavy atom. The van der Waals surface area contributed by atoms with Gasteiger partial charge in [0.25, 0.3) is 0 Å². The minimum Gasteiger partial charge on any atom is -0.351 e. The van der Waals surface area contributed by atoms with E-state index >= 15 is 0 Å². The molecular formula is C20H23FN2O3S. The average molecular weight is 390 g/mol. The van der Waals surface area contributed by atoms with Crippen LogP contribution in [0.2, 0.25) is 0 Å². The van der Waals surface area contributed by atoms with E-state index in [1.807, 2.05) is 0 Å². The zero-order valence-corrected chi connectivity index (χ0v) is 16.0. The molecule has 2 N–H and O–H groups in total. The maximum Gasteiger partial charge on any atom is 0.230 e. The van der Waals surface area contributed by atoms with E-state index in [1.54, 1.807) is 36.4 Å². The fraction of sp³-hybridized carbons (Fsp3) is 0.350. The lowest BCUT2D eigenvalue weighted by Crippen LogP contribution is -2.49. The van der Waals surface area contributed by atoms with Crippen LogP contribution >= 0.6 is 0 Å². The van der Waals surface area contributed by atoms with Gasteiger partial charge in [-0.05, 0) is 48.7 Å². The summed E-state index contributed by atoms with van der Waals surface area (Å²) in [6.45, 7) is 0.342. The molecule has 144 valence electrons. The van der Waals surface area contributed by atoms with Crippen molar-refractivity contribution in [2.24, 2.45) is 0 Å². The fourth-order valence-electron chi connectivity index (χ4n) is 3.36. The molecule has 1 amide bonds. The molecule has 3 rings (SSSR count). The van der Waals surface area contributed by atoms with Gasteiger partial charge >= 0.3 is 0 Å². The Morgan fingerprint density at radius 2 is 1.78 bits per heavy atom. The van der Waals surface area contributed by atoms with Crippen LogP contribution in [0.3, 0.4) is 0 Å². The number of halogens is 1. The topological polar surface area (TPSA) is 75.3 Å². The first-order valence-corrected chi connectivity index (χ1v) is 10.5. The van der Waals surface area contributed by atoms with Crippen LogP contribution in [0, 0.1) is 5.82 Å². The SMILES string of the molecule is CNS(=O)(=O)Cc1ccc(CNC(=O)C2(c3cccc(F)c3)CCC2)cc1. The first-order chi connectivity index (χ1) is 12.8. The number of sulfonamides is 1. The number of hydrogen-bond donors (Lipinski definition) is 2. The number of nitrogens with one attached hydrogen (secondary N) is 2. The van der Waals surface area contributed by atoms with Crippen molar-refractivity contribution in [1.29, 1.82) is 0 Å². The Hall–Kier alpha value is -2.25.